The van der Waals surface area contributed by atoms with Crippen molar-refractivity contribution in [1.29, 1.82) is 0 Å². The second-order valence-electron chi connectivity index (χ2n) is 7.08. The standard InChI is InChI=1S/C20H24N2O2/c1-4-13-11-21(2)12-14-9-17-15-7-5-6-8-18(15)22(24-3)20(17)19(23)10-16(13)14/h4-8,14,16H,9-12H2,1-3H3/b13-4+. The van der Waals surface area contributed by atoms with Crippen LogP contribution in [0, 0.1) is 11.8 Å². The van der Waals surface area contributed by atoms with Crippen LogP contribution in [0.3, 0.4) is 0 Å². The molecular formula is C20H24N2O2. The number of rotatable bonds is 1. The van der Waals surface area contributed by atoms with Crippen LogP contribution in [-0.4, -0.2) is 42.7 Å². The van der Waals surface area contributed by atoms with Gasteiger partial charge in [0.15, 0.2) is 5.78 Å². The molecule has 4 rings (SSSR count). The monoisotopic (exact) mass is 324 g/mol. The Balaban J connectivity index is 1.89. The summed E-state index contributed by atoms with van der Waals surface area (Å²) in [7, 11) is 3.81. The molecule has 1 saturated heterocycles. The number of carbonyl (C=O) groups excluding carboxylic acids is 1. The number of fused-ring (bicyclic) bond motifs is 4. The molecule has 0 saturated carbocycles. The second-order valence-corrected chi connectivity index (χ2v) is 7.08. The van der Waals surface area contributed by atoms with Gasteiger partial charge in [0.1, 0.15) is 12.8 Å². The van der Waals surface area contributed by atoms with Crippen molar-refractivity contribution in [3.05, 3.63) is 47.2 Å². The highest BCUT2D eigenvalue weighted by molar-refractivity contribution is 6.03. The number of ketones is 1. The highest BCUT2D eigenvalue weighted by Crippen LogP contribution is 2.40. The van der Waals surface area contributed by atoms with Gasteiger partial charge in [0.25, 0.3) is 0 Å². The van der Waals surface area contributed by atoms with Gasteiger partial charge in [-0.3, -0.25) is 4.79 Å². The zero-order valence-corrected chi connectivity index (χ0v) is 14.6. The molecule has 4 nitrogen and oxygen atoms in total. The first-order chi connectivity index (χ1) is 11.6. The molecule has 4 heteroatoms. The van der Waals surface area contributed by atoms with E-state index in [1.54, 1.807) is 11.8 Å². The largest absolute Gasteiger partial charge is 0.416 e. The number of Topliss-reactive ketones (excluding diaryl/α,β-unsaturated/α-hetero) is 1. The van der Waals surface area contributed by atoms with Crippen molar-refractivity contribution in [3.8, 4) is 0 Å². The fourth-order valence-corrected chi connectivity index (χ4v) is 4.65. The van der Waals surface area contributed by atoms with Crippen LogP contribution in [0.15, 0.2) is 35.9 Å². The summed E-state index contributed by atoms with van der Waals surface area (Å²) in [6, 6.07) is 8.18. The average Bonchev–Trinajstić information content (AvgIpc) is 2.82. The lowest BCUT2D eigenvalue weighted by atomic mass is 9.78. The number of benzene rings is 1. The molecule has 1 aliphatic carbocycles. The average molecular weight is 324 g/mol. The Morgan fingerprint density at radius 2 is 2.04 bits per heavy atom. The SMILES string of the molecule is C/C=C1\CN(C)CC2Cc3c(n(OC)c4ccccc34)C(=O)CC12. The van der Waals surface area contributed by atoms with Gasteiger partial charge in [-0.25, -0.2) is 0 Å². The molecule has 24 heavy (non-hydrogen) atoms. The number of para-hydroxylation sites is 1. The highest BCUT2D eigenvalue weighted by Gasteiger charge is 2.39. The normalized spacial score (nSPS) is 26.3. The number of nitrogens with zero attached hydrogens (tertiary/aromatic N) is 2. The predicted molar refractivity (Wildman–Crippen MR) is 95.3 cm³/mol. The first-order valence-corrected chi connectivity index (χ1v) is 8.67. The maximum absolute atomic E-state index is 13.1. The molecule has 1 aromatic carbocycles. The number of hydrogen-bond donors (Lipinski definition) is 0. The Bertz CT molecular complexity index is 834. The van der Waals surface area contributed by atoms with E-state index < -0.39 is 0 Å². The number of piperidine rings is 1. The first-order valence-electron chi connectivity index (χ1n) is 8.67. The molecule has 1 fully saturated rings. The molecule has 0 radical (unpaired) electrons. The van der Waals surface area contributed by atoms with E-state index in [0.29, 0.717) is 18.3 Å². The van der Waals surface area contributed by atoms with Gasteiger partial charge in [-0.2, -0.15) is 4.73 Å². The summed E-state index contributed by atoms with van der Waals surface area (Å²) in [5.74, 6) is 1.05. The third-order valence-electron chi connectivity index (χ3n) is 5.67. The number of hydrogen-bond acceptors (Lipinski definition) is 3. The molecule has 2 heterocycles. The van der Waals surface area contributed by atoms with E-state index in [4.69, 9.17) is 4.84 Å². The topological polar surface area (TPSA) is 34.5 Å². The van der Waals surface area contributed by atoms with E-state index in [2.05, 4.69) is 31.0 Å². The van der Waals surface area contributed by atoms with Crippen LogP contribution >= 0.6 is 0 Å². The zero-order valence-electron chi connectivity index (χ0n) is 14.6. The lowest BCUT2D eigenvalue weighted by Crippen LogP contribution is -2.40. The lowest BCUT2D eigenvalue weighted by Gasteiger charge is -2.38. The second kappa shape index (κ2) is 5.78. The minimum Gasteiger partial charge on any atom is -0.416 e. The Hall–Kier alpha value is -2.07. The summed E-state index contributed by atoms with van der Waals surface area (Å²) in [5.41, 5.74) is 4.31. The fourth-order valence-electron chi connectivity index (χ4n) is 4.65. The summed E-state index contributed by atoms with van der Waals surface area (Å²) >= 11 is 0. The molecular weight excluding hydrogens is 300 g/mol. The number of allylic oxidation sites excluding steroid dienone is 1. The molecule has 1 aromatic heterocycles. The lowest BCUT2D eigenvalue weighted by molar-refractivity contribution is 0.0895. The van der Waals surface area contributed by atoms with Crippen molar-refractivity contribution >= 4 is 16.7 Å². The van der Waals surface area contributed by atoms with E-state index in [1.165, 1.54) is 5.57 Å². The Labute approximate surface area is 142 Å². The molecule has 2 atom stereocenters. The maximum atomic E-state index is 13.1. The van der Waals surface area contributed by atoms with Crippen LogP contribution in [0.4, 0.5) is 0 Å². The Kier molecular flexibility index (Phi) is 3.72. The van der Waals surface area contributed by atoms with Crippen molar-refractivity contribution in [2.24, 2.45) is 11.8 Å². The third-order valence-corrected chi connectivity index (χ3v) is 5.67. The Morgan fingerprint density at radius 1 is 1.25 bits per heavy atom. The van der Waals surface area contributed by atoms with Gasteiger partial charge in [-0.15, -0.1) is 0 Å². The molecule has 2 aromatic rings. The minimum absolute atomic E-state index is 0.208. The summed E-state index contributed by atoms with van der Waals surface area (Å²) in [4.78, 5) is 21.1. The van der Waals surface area contributed by atoms with Gasteiger partial charge in [-0.1, -0.05) is 29.8 Å². The zero-order chi connectivity index (χ0) is 16.8. The van der Waals surface area contributed by atoms with Gasteiger partial charge in [0, 0.05) is 24.9 Å². The quantitative estimate of drug-likeness (QED) is 0.757. The van der Waals surface area contributed by atoms with Crippen LogP contribution in [-0.2, 0) is 6.42 Å². The van der Waals surface area contributed by atoms with Crippen LogP contribution in [0.2, 0.25) is 0 Å². The molecule has 126 valence electrons. The fraction of sp³-hybridized carbons (Fsp3) is 0.450. The molecule has 0 N–H and O–H groups in total. The molecule has 0 spiro atoms. The summed E-state index contributed by atoms with van der Waals surface area (Å²) < 4.78 is 1.74. The maximum Gasteiger partial charge on any atom is 0.183 e. The van der Waals surface area contributed by atoms with Crippen molar-refractivity contribution in [2.45, 2.75) is 19.8 Å². The van der Waals surface area contributed by atoms with E-state index in [0.717, 1.165) is 41.7 Å². The van der Waals surface area contributed by atoms with Crippen LogP contribution in [0.25, 0.3) is 10.9 Å². The molecule has 0 amide bonds. The van der Waals surface area contributed by atoms with Crippen molar-refractivity contribution < 1.29 is 9.63 Å². The number of aromatic nitrogens is 1. The molecule has 2 unspecified atom stereocenters. The molecule has 0 bridgehead atoms. The minimum atomic E-state index is 0.208. The smallest absolute Gasteiger partial charge is 0.183 e. The van der Waals surface area contributed by atoms with Crippen molar-refractivity contribution in [1.82, 2.24) is 9.63 Å². The van der Waals surface area contributed by atoms with E-state index in [1.807, 2.05) is 18.2 Å². The van der Waals surface area contributed by atoms with Gasteiger partial charge >= 0.3 is 0 Å². The Morgan fingerprint density at radius 3 is 2.79 bits per heavy atom. The molecule has 2 aliphatic rings. The van der Waals surface area contributed by atoms with E-state index in [9.17, 15) is 4.79 Å². The van der Waals surface area contributed by atoms with Gasteiger partial charge < -0.3 is 9.74 Å². The first kappa shape index (κ1) is 15.5. The summed E-state index contributed by atoms with van der Waals surface area (Å²) in [6.07, 6.45) is 3.73. The third kappa shape index (κ3) is 2.20. The summed E-state index contributed by atoms with van der Waals surface area (Å²) in [6.45, 7) is 4.11. The van der Waals surface area contributed by atoms with E-state index in [-0.39, 0.29) is 5.78 Å². The number of likely N-dealkylation sites (N-methyl/N-ethyl adjacent to an activating group) is 1. The molecule has 1 aliphatic heterocycles. The van der Waals surface area contributed by atoms with Gasteiger partial charge in [0.05, 0.1) is 5.52 Å². The van der Waals surface area contributed by atoms with Crippen molar-refractivity contribution in [2.75, 3.05) is 27.2 Å². The van der Waals surface area contributed by atoms with Crippen LogP contribution < -0.4 is 4.84 Å². The number of carbonyl (C=O) groups is 1. The predicted octanol–water partition coefficient (Wildman–Crippen LogP) is 2.95. The van der Waals surface area contributed by atoms with Gasteiger partial charge in [-0.05, 0) is 43.9 Å². The van der Waals surface area contributed by atoms with Gasteiger partial charge in [0.2, 0.25) is 0 Å². The summed E-state index contributed by atoms with van der Waals surface area (Å²) in [5, 5.41) is 1.15. The van der Waals surface area contributed by atoms with Crippen molar-refractivity contribution in [3.63, 3.8) is 0 Å². The highest BCUT2D eigenvalue weighted by atomic mass is 16.6. The van der Waals surface area contributed by atoms with E-state index >= 15 is 0 Å². The van der Waals surface area contributed by atoms with Crippen LogP contribution in [0.5, 0.6) is 0 Å². The number of likely N-dealkylation sites (tertiary alicyclic amines) is 1. The van der Waals surface area contributed by atoms with Crippen LogP contribution in [0.1, 0.15) is 29.4 Å².